The van der Waals surface area contributed by atoms with Gasteiger partial charge in [-0.2, -0.15) is 0 Å². The molecule has 0 aromatic carbocycles. The number of thiophene rings is 1. The number of unbranched alkanes of at least 4 members (excludes halogenated alkanes) is 1. The van der Waals surface area contributed by atoms with Crippen LogP contribution in [0.1, 0.15) is 19.8 Å². The van der Waals surface area contributed by atoms with E-state index in [1.807, 2.05) is 17.7 Å². The SMILES string of the molecule is CCCCN(C)C(=O)Cn1c(SC)nc2ccsc2c1=O. The van der Waals surface area contributed by atoms with Crippen LogP contribution in [-0.4, -0.2) is 40.2 Å². The fourth-order valence-corrected chi connectivity index (χ4v) is 3.33. The number of aromatic nitrogens is 2. The zero-order valence-electron chi connectivity index (χ0n) is 12.5. The second-order valence-electron chi connectivity index (χ2n) is 4.79. The van der Waals surface area contributed by atoms with E-state index in [4.69, 9.17) is 0 Å². The second-order valence-corrected chi connectivity index (χ2v) is 6.48. The van der Waals surface area contributed by atoms with Crippen molar-refractivity contribution in [3.05, 3.63) is 21.8 Å². The smallest absolute Gasteiger partial charge is 0.272 e. The van der Waals surface area contributed by atoms with E-state index in [0.29, 0.717) is 21.9 Å². The molecular formula is C14H19N3O2S2. The number of carbonyl (C=O) groups is 1. The Morgan fingerprint density at radius 1 is 1.52 bits per heavy atom. The highest BCUT2D eigenvalue weighted by atomic mass is 32.2. The predicted octanol–water partition coefficient (Wildman–Crippen LogP) is 2.44. The number of fused-ring (bicyclic) bond motifs is 1. The van der Waals surface area contributed by atoms with Gasteiger partial charge < -0.3 is 4.90 Å². The number of carbonyl (C=O) groups excluding carboxylic acids is 1. The van der Waals surface area contributed by atoms with Crippen LogP contribution in [0, 0.1) is 0 Å². The number of nitrogens with zero attached hydrogens (tertiary/aromatic N) is 3. The van der Waals surface area contributed by atoms with Crippen LogP contribution < -0.4 is 5.56 Å². The fourth-order valence-electron chi connectivity index (χ4n) is 1.99. The summed E-state index contributed by atoms with van der Waals surface area (Å²) in [5.41, 5.74) is 0.578. The Hall–Kier alpha value is -1.34. The van der Waals surface area contributed by atoms with Crippen molar-refractivity contribution in [2.24, 2.45) is 0 Å². The van der Waals surface area contributed by atoms with Crippen molar-refractivity contribution in [3.8, 4) is 0 Å². The normalized spacial score (nSPS) is 11.0. The summed E-state index contributed by atoms with van der Waals surface area (Å²) in [7, 11) is 1.78. The Kier molecular flexibility index (Phi) is 5.41. The Morgan fingerprint density at radius 3 is 2.95 bits per heavy atom. The molecule has 0 N–H and O–H groups in total. The quantitative estimate of drug-likeness (QED) is 0.605. The van der Waals surface area contributed by atoms with E-state index in [0.717, 1.165) is 12.8 Å². The summed E-state index contributed by atoms with van der Waals surface area (Å²) in [6.07, 6.45) is 3.87. The van der Waals surface area contributed by atoms with Gasteiger partial charge in [-0.05, 0) is 24.1 Å². The molecule has 2 aromatic rings. The number of amides is 1. The predicted molar refractivity (Wildman–Crippen MR) is 88.2 cm³/mol. The number of hydrogen-bond acceptors (Lipinski definition) is 5. The molecule has 2 aromatic heterocycles. The molecule has 0 unspecified atom stereocenters. The molecule has 114 valence electrons. The summed E-state index contributed by atoms with van der Waals surface area (Å²) in [6, 6.07) is 1.83. The summed E-state index contributed by atoms with van der Waals surface area (Å²) in [5.74, 6) is -0.0569. The summed E-state index contributed by atoms with van der Waals surface area (Å²) < 4.78 is 2.09. The number of rotatable bonds is 6. The van der Waals surface area contributed by atoms with E-state index in [1.54, 1.807) is 11.9 Å². The van der Waals surface area contributed by atoms with E-state index >= 15 is 0 Å². The van der Waals surface area contributed by atoms with E-state index in [1.165, 1.54) is 27.7 Å². The van der Waals surface area contributed by atoms with Crippen molar-refractivity contribution in [2.75, 3.05) is 19.8 Å². The van der Waals surface area contributed by atoms with Crippen LogP contribution in [0.2, 0.25) is 0 Å². The fraction of sp³-hybridized carbons (Fsp3) is 0.500. The topological polar surface area (TPSA) is 55.2 Å². The number of likely N-dealkylation sites (N-methyl/N-ethyl adjacent to an activating group) is 1. The molecule has 0 bridgehead atoms. The zero-order chi connectivity index (χ0) is 15.4. The van der Waals surface area contributed by atoms with Crippen molar-refractivity contribution in [1.82, 2.24) is 14.5 Å². The van der Waals surface area contributed by atoms with Crippen LogP contribution >= 0.6 is 23.1 Å². The lowest BCUT2D eigenvalue weighted by Gasteiger charge is -2.18. The van der Waals surface area contributed by atoms with Gasteiger partial charge in [0.1, 0.15) is 11.2 Å². The molecule has 1 amide bonds. The minimum absolute atomic E-state index is 0.0516. The van der Waals surface area contributed by atoms with Crippen molar-refractivity contribution in [3.63, 3.8) is 0 Å². The van der Waals surface area contributed by atoms with Crippen molar-refractivity contribution < 1.29 is 4.79 Å². The van der Waals surface area contributed by atoms with Crippen LogP contribution in [0.25, 0.3) is 10.2 Å². The summed E-state index contributed by atoms with van der Waals surface area (Å²) in [6.45, 7) is 2.85. The zero-order valence-corrected chi connectivity index (χ0v) is 14.1. The first-order chi connectivity index (χ1) is 10.1. The van der Waals surface area contributed by atoms with Crippen molar-refractivity contribution in [2.45, 2.75) is 31.5 Å². The van der Waals surface area contributed by atoms with Crippen LogP contribution in [0.5, 0.6) is 0 Å². The van der Waals surface area contributed by atoms with Gasteiger partial charge >= 0.3 is 0 Å². The average Bonchev–Trinajstić information content (AvgIpc) is 2.95. The second kappa shape index (κ2) is 7.09. The lowest BCUT2D eigenvalue weighted by molar-refractivity contribution is -0.130. The van der Waals surface area contributed by atoms with Gasteiger partial charge in [-0.3, -0.25) is 14.2 Å². The van der Waals surface area contributed by atoms with Gasteiger partial charge in [0, 0.05) is 13.6 Å². The van der Waals surface area contributed by atoms with E-state index in [-0.39, 0.29) is 18.0 Å². The molecule has 0 aliphatic carbocycles. The van der Waals surface area contributed by atoms with Crippen LogP contribution in [0.15, 0.2) is 21.4 Å². The largest absolute Gasteiger partial charge is 0.344 e. The Morgan fingerprint density at radius 2 is 2.29 bits per heavy atom. The molecule has 5 nitrogen and oxygen atoms in total. The third kappa shape index (κ3) is 3.47. The molecule has 21 heavy (non-hydrogen) atoms. The summed E-state index contributed by atoms with van der Waals surface area (Å²) >= 11 is 2.75. The highest BCUT2D eigenvalue weighted by Crippen LogP contribution is 2.19. The maximum absolute atomic E-state index is 12.5. The highest BCUT2D eigenvalue weighted by Gasteiger charge is 2.16. The number of thioether (sulfide) groups is 1. The molecular weight excluding hydrogens is 306 g/mol. The molecule has 2 rings (SSSR count). The molecule has 0 fully saturated rings. The van der Waals surface area contributed by atoms with Crippen LogP contribution in [0.3, 0.4) is 0 Å². The summed E-state index contributed by atoms with van der Waals surface area (Å²) in [5, 5.41) is 2.44. The Bertz CT molecular complexity index is 693. The third-order valence-corrected chi connectivity index (χ3v) is 4.85. The third-order valence-electron chi connectivity index (χ3n) is 3.28. The summed E-state index contributed by atoms with van der Waals surface area (Å²) in [4.78, 5) is 30.9. The Labute approximate surface area is 132 Å². The van der Waals surface area contributed by atoms with Gasteiger partial charge in [0.2, 0.25) is 5.91 Å². The van der Waals surface area contributed by atoms with Gasteiger partial charge in [0.15, 0.2) is 5.16 Å². The minimum Gasteiger partial charge on any atom is -0.344 e. The van der Waals surface area contributed by atoms with Gasteiger partial charge in [-0.25, -0.2) is 4.98 Å². The van der Waals surface area contributed by atoms with Crippen LogP contribution in [0.4, 0.5) is 0 Å². The first-order valence-corrected chi connectivity index (χ1v) is 8.95. The van der Waals surface area contributed by atoms with Crippen LogP contribution in [-0.2, 0) is 11.3 Å². The van der Waals surface area contributed by atoms with Crippen molar-refractivity contribution >= 4 is 39.2 Å². The van der Waals surface area contributed by atoms with Gasteiger partial charge in [0.25, 0.3) is 5.56 Å². The monoisotopic (exact) mass is 325 g/mol. The van der Waals surface area contributed by atoms with Gasteiger partial charge in [-0.15, -0.1) is 11.3 Å². The molecule has 7 heteroatoms. The molecule has 0 saturated heterocycles. The standard InChI is InChI=1S/C14H19N3O2S2/c1-4-5-7-16(2)11(18)9-17-13(19)12-10(6-8-21-12)15-14(17)20-3/h6,8H,4-5,7,9H2,1-3H3. The molecule has 0 radical (unpaired) electrons. The first kappa shape index (κ1) is 16.0. The lowest BCUT2D eigenvalue weighted by atomic mass is 10.3. The van der Waals surface area contributed by atoms with Gasteiger partial charge in [-0.1, -0.05) is 25.1 Å². The molecule has 0 saturated carbocycles. The van der Waals surface area contributed by atoms with E-state index in [9.17, 15) is 9.59 Å². The minimum atomic E-state index is -0.128. The molecule has 2 heterocycles. The average molecular weight is 325 g/mol. The lowest BCUT2D eigenvalue weighted by Crippen LogP contribution is -2.35. The maximum Gasteiger partial charge on any atom is 0.272 e. The van der Waals surface area contributed by atoms with E-state index in [2.05, 4.69) is 11.9 Å². The highest BCUT2D eigenvalue weighted by molar-refractivity contribution is 7.98. The van der Waals surface area contributed by atoms with Crippen molar-refractivity contribution in [1.29, 1.82) is 0 Å². The van der Waals surface area contributed by atoms with Gasteiger partial charge in [0.05, 0.1) is 5.52 Å². The van der Waals surface area contributed by atoms with E-state index < -0.39 is 0 Å². The Balaban J connectivity index is 2.30. The molecule has 0 aliphatic heterocycles. The first-order valence-electron chi connectivity index (χ1n) is 6.84. The number of hydrogen-bond donors (Lipinski definition) is 0. The maximum atomic E-state index is 12.5. The molecule has 0 aliphatic rings. The molecule has 0 atom stereocenters. The molecule has 0 spiro atoms.